The first-order valence-electron chi connectivity index (χ1n) is 8.86. The number of hydrogen-bond donors (Lipinski definition) is 0. The Balaban J connectivity index is 1.72. The van der Waals surface area contributed by atoms with Crippen LogP contribution in [0.25, 0.3) is 0 Å². The fraction of sp³-hybridized carbons (Fsp3) is 0.750. The smallest absolute Gasteiger partial charge is 0.155 e. The van der Waals surface area contributed by atoms with E-state index < -0.39 is 0 Å². The molecular weight excluding hydrogens is 256 g/mol. The standard InChI is InChI=1S/C20H28O/c1-13-6-9-19(2)10-8-17-16(18(13)19)5-4-14-12-15(21)7-11-20(14,17)3/h12,16-18H,1,4-11H2,2-3H3/t16-,17-,18+,19+,20+/m1/s1. The molecule has 0 heterocycles. The topological polar surface area (TPSA) is 17.1 Å². The van der Waals surface area contributed by atoms with Crippen LogP contribution in [0.15, 0.2) is 23.8 Å². The lowest BCUT2D eigenvalue weighted by molar-refractivity contribution is -0.117. The number of ketones is 1. The second-order valence-corrected chi connectivity index (χ2v) is 8.69. The fourth-order valence-corrected chi connectivity index (χ4v) is 6.52. The normalized spacial score (nSPS) is 49.2. The Morgan fingerprint density at radius 2 is 1.90 bits per heavy atom. The van der Waals surface area contributed by atoms with Crippen molar-refractivity contribution in [2.75, 3.05) is 0 Å². The van der Waals surface area contributed by atoms with E-state index in [4.69, 9.17) is 0 Å². The van der Waals surface area contributed by atoms with Crippen molar-refractivity contribution in [3.05, 3.63) is 23.8 Å². The maximum atomic E-state index is 11.8. The summed E-state index contributed by atoms with van der Waals surface area (Å²) in [5, 5.41) is 0. The van der Waals surface area contributed by atoms with E-state index in [1.807, 2.05) is 6.08 Å². The zero-order valence-corrected chi connectivity index (χ0v) is 13.6. The van der Waals surface area contributed by atoms with E-state index in [0.29, 0.717) is 16.6 Å². The van der Waals surface area contributed by atoms with Crippen LogP contribution in [-0.4, -0.2) is 5.78 Å². The minimum atomic E-state index is 0.307. The second kappa shape index (κ2) is 4.33. The zero-order chi connectivity index (χ0) is 14.8. The van der Waals surface area contributed by atoms with Crippen LogP contribution in [0.3, 0.4) is 0 Å². The van der Waals surface area contributed by atoms with Crippen molar-refractivity contribution in [2.24, 2.45) is 28.6 Å². The number of fused-ring (bicyclic) bond motifs is 5. The minimum Gasteiger partial charge on any atom is -0.295 e. The highest BCUT2D eigenvalue weighted by Gasteiger charge is 2.57. The maximum Gasteiger partial charge on any atom is 0.155 e. The summed E-state index contributed by atoms with van der Waals surface area (Å²) in [6, 6.07) is 0. The molecule has 0 aromatic heterocycles. The molecule has 4 aliphatic rings. The Hall–Kier alpha value is -0.850. The molecule has 114 valence electrons. The van der Waals surface area contributed by atoms with Crippen LogP contribution in [-0.2, 0) is 4.79 Å². The molecule has 3 fully saturated rings. The molecule has 0 bridgehead atoms. The number of allylic oxidation sites excluding steroid dienone is 2. The first-order chi connectivity index (χ1) is 9.94. The van der Waals surface area contributed by atoms with Gasteiger partial charge in [-0.1, -0.05) is 31.6 Å². The molecule has 5 atom stereocenters. The summed E-state index contributed by atoms with van der Waals surface area (Å²) in [6.07, 6.45) is 11.7. The molecule has 0 amide bonds. The molecule has 0 N–H and O–H groups in total. The molecule has 4 aliphatic carbocycles. The van der Waals surface area contributed by atoms with Crippen LogP contribution in [0.2, 0.25) is 0 Å². The van der Waals surface area contributed by atoms with Gasteiger partial charge in [-0.15, -0.1) is 0 Å². The van der Waals surface area contributed by atoms with E-state index in [1.54, 1.807) is 0 Å². The van der Waals surface area contributed by atoms with E-state index in [9.17, 15) is 4.79 Å². The molecule has 0 unspecified atom stereocenters. The Morgan fingerprint density at radius 1 is 1.10 bits per heavy atom. The zero-order valence-electron chi connectivity index (χ0n) is 13.6. The second-order valence-electron chi connectivity index (χ2n) is 8.69. The lowest BCUT2D eigenvalue weighted by atomic mass is 9.47. The van der Waals surface area contributed by atoms with Crippen molar-refractivity contribution in [2.45, 2.75) is 65.2 Å². The van der Waals surface area contributed by atoms with Crippen molar-refractivity contribution in [3.8, 4) is 0 Å². The predicted octanol–water partition coefficient (Wildman–Crippen LogP) is 5.07. The van der Waals surface area contributed by atoms with Gasteiger partial charge in [-0.05, 0) is 79.6 Å². The lowest BCUT2D eigenvalue weighted by Crippen LogP contribution is -2.49. The van der Waals surface area contributed by atoms with Crippen molar-refractivity contribution < 1.29 is 4.79 Å². The van der Waals surface area contributed by atoms with Gasteiger partial charge in [-0.3, -0.25) is 4.79 Å². The summed E-state index contributed by atoms with van der Waals surface area (Å²) < 4.78 is 0. The van der Waals surface area contributed by atoms with Crippen LogP contribution >= 0.6 is 0 Å². The van der Waals surface area contributed by atoms with Gasteiger partial charge >= 0.3 is 0 Å². The van der Waals surface area contributed by atoms with Gasteiger partial charge in [-0.25, -0.2) is 0 Å². The first kappa shape index (κ1) is 13.8. The molecule has 4 rings (SSSR count). The van der Waals surface area contributed by atoms with Gasteiger partial charge in [0.25, 0.3) is 0 Å². The molecule has 0 aromatic rings. The summed E-state index contributed by atoms with van der Waals surface area (Å²) in [5.74, 6) is 2.74. The third-order valence-corrected chi connectivity index (χ3v) is 7.70. The summed E-state index contributed by atoms with van der Waals surface area (Å²) >= 11 is 0. The summed E-state index contributed by atoms with van der Waals surface area (Å²) in [5.41, 5.74) is 3.85. The largest absolute Gasteiger partial charge is 0.295 e. The molecule has 3 saturated carbocycles. The number of carbonyl (C=O) groups excluding carboxylic acids is 1. The summed E-state index contributed by atoms with van der Waals surface area (Å²) in [4.78, 5) is 11.8. The number of carbonyl (C=O) groups is 1. The van der Waals surface area contributed by atoms with E-state index in [1.165, 1.54) is 43.3 Å². The van der Waals surface area contributed by atoms with Gasteiger partial charge in [0.15, 0.2) is 5.78 Å². The monoisotopic (exact) mass is 284 g/mol. The van der Waals surface area contributed by atoms with Gasteiger partial charge in [0, 0.05) is 6.42 Å². The molecule has 0 spiro atoms. The van der Waals surface area contributed by atoms with Gasteiger partial charge in [0.2, 0.25) is 0 Å². The van der Waals surface area contributed by atoms with Crippen molar-refractivity contribution in [1.82, 2.24) is 0 Å². The van der Waals surface area contributed by atoms with Crippen LogP contribution < -0.4 is 0 Å². The van der Waals surface area contributed by atoms with Gasteiger partial charge in [-0.2, -0.15) is 0 Å². The highest BCUT2D eigenvalue weighted by Crippen LogP contribution is 2.66. The van der Waals surface area contributed by atoms with Crippen LogP contribution in [0, 0.1) is 28.6 Å². The highest BCUT2D eigenvalue weighted by atomic mass is 16.1. The number of rotatable bonds is 0. The molecule has 0 radical (unpaired) electrons. The SMILES string of the molecule is C=C1CC[C@@]2(C)CC[C@@H]3[C@@H](CCC4=CC(=O)CC[C@@]43C)[C@H]12. The molecule has 21 heavy (non-hydrogen) atoms. The Bertz CT molecular complexity index is 542. The van der Waals surface area contributed by atoms with Gasteiger partial charge in [0.05, 0.1) is 0 Å². The number of hydrogen-bond acceptors (Lipinski definition) is 1. The van der Waals surface area contributed by atoms with Crippen molar-refractivity contribution in [3.63, 3.8) is 0 Å². The molecule has 0 saturated heterocycles. The maximum absolute atomic E-state index is 11.8. The van der Waals surface area contributed by atoms with Crippen LogP contribution in [0.5, 0.6) is 0 Å². The molecule has 0 aromatic carbocycles. The van der Waals surface area contributed by atoms with E-state index in [2.05, 4.69) is 20.4 Å². The summed E-state index contributed by atoms with van der Waals surface area (Å²) in [7, 11) is 0. The minimum absolute atomic E-state index is 0.307. The average Bonchev–Trinajstić information content (AvgIpc) is 2.76. The van der Waals surface area contributed by atoms with E-state index in [0.717, 1.165) is 37.0 Å². The van der Waals surface area contributed by atoms with E-state index >= 15 is 0 Å². The van der Waals surface area contributed by atoms with Crippen LogP contribution in [0.1, 0.15) is 65.2 Å². The van der Waals surface area contributed by atoms with Gasteiger partial charge in [0.1, 0.15) is 0 Å². The van der Waals surface area contributed by atoms with Crippen molar-refractivity contribution in [1.29, 1.82) is 0 Å². The highest BCUT2D eigenvalue weighted by molar-refractivity contribution is 5.91. The molecule has 1 heteroatoms. The third kappa shape index (κ3) is 1.79. The van der Waals surface area contributed by atoms with E-state index in [-0.39, 0.29) is 0 Å². The third-order valence-electron chi connectivity index (χ3n) is 7.70. The lowest BCUT2D eigenvalue weighted by Gasteiger charge is -2.57. The molecule has 1 nitrogen and oxygen atoms in total. The molecular formula is C20H28O. The van der Waals surface area contributed by atoms with Gasteiger partial charge < -0.3 is 0 Å². The summed E-state index contributed by atoms with van der Waals surface area (Å²) in [6.45, 7) is 9.42. The Kier molecular flexibility index (Phi) is 2.85. The van der Waals surface area contributed by atoms with Crippen LogP contribution in [0.4, 0.5) is 0 Å². The average molecular weight is 284 g/mol. The Morgan fingerprint density at radius 3 is 2.71 bits per heavy atom. The molecule has 0 aliphatic heterocycles. The Labute approximate surface area is 128 Å². The predicted molar refractivity (Wildman–Crippen MR) is 85.9 cm³/mol. The fourth-order valence-electron chi connectivity index (χ4n) is 6.52. The van der Waals surface area contributed by atoms with Crippen molar-refractivity contribution >= 4 is 5.78 Å². The first-order valence-corrected chi connectivity index (χ1v) is 8.86. The quantitative estimate of drug-likeness (QED) is 0.567.